The third-order valence-corrected chi connectivity index (χ3v) is 2.35. The smallest absolute Gasteiger partial charge is 0.335 e. The fraction of sp³-hybridized carbons (Fsp3) is 0.818. The molecule has 1 atom stereocenters. The summed E-state index contributed by atoms with van der Waals surface area (Å²) in [5, 5.41) is 7.47. The van der Waals surface area contributed by atoms with E-state index < -0.39 is 0 Å². The molecule has 1 unspecified atom stereocenters. The van der Waals surface area contributed by atoms with Gasteiger partial charge in [0.2, 0.25) is 0 Å². The molecule has 0 fully saturated rings. The molecule has 0 saturated carbocycles. The Bertz CT molecular complexity index is 298. The van der Waals surface area contributed by atoms with Crippen LogP contribution in [0.5, 0.6) is 6.01 Å². The molecule has 0 aliphatic heterocycles. The van der Waals surface area contributed by atoms with Gasteiger partial charge in [-0.2, -0.15) is 4.98 Å². The molecule has 16 heavy (non-hydrogen) atoms. The van der Waals surface area contributed by atoms with Crippen LogP contribution in [0.15, 0.2) is 6.33 Å². The van der Waals surface area contributed by atoms with Gasteiger partial charge >= 0.3 is 6.01 Å². The van der Waals surface area contributed by atoms with Crippen molar-refractivity contribution in [3.63, 3.8) is 0 Å². The van der Waals surface area contributed by atoms with Crippen molar-refractivity contribution in [2.45, 2.75) is 33.3 Å². The maximum atomic E-state index is 5.74. The van der Waals surface area contributed by atoms with Crippen LogP contribution < -0.4 is 10.1 Å². The molecule has 0 amide bonds. The molecular weight excluding hydrogens is 204 g/mol. The van der Waals surface area contributed by atoms with Gasteiger partial charge in [0.1, 0.15) is 12.4 Å². The average Bonchev–Trinajstić information content (AvgIpc) is 2.63. The highest BCUT2D eigenvalue weighted by atomic mass is 16.5. The molecule has 0 aliphatic carbocycles. The Morgan fingerprint density at radius 2 is 2.25 bits per heavy atom. The van der Waals surface area contributed by atoms with Crippen molar-refractivity contribution in [2.75, 3.05) is 13.1 Å². The maximum absolute atomic E-state index is 5.74. The largest absolute Gasteiger partial charge is 0.457 e. The minimum Gasteiger partial charge on any atom is -0.457 e. The van der Waals surface area contributed by atoms with Gasteiger partial charge in [0, 0.05) is 13.6 Å². The minimum absolute atomic E-state index is 0.119. The number of nitrogens with one attached hydrogen (secondary N) is 1. The van der Waals surface area contributed by atoms with Crippen molar-refractivity contribution in [1.82, 2.24) is 20.1 Å². The van der Waals surface area contributed by atoms with Crippen LogP contribution in [-0.4, -0.2) is 34.0 Å². The van der Waals surface area contributed by atoms with Crippen molar-refractivity contribution in [3.05, 3.63) is 6.33 Å². The Labute approximate surface area is 97.2 Å². The Kier molecular flexibility index (Phi) is 5.25. The lowest BCUT2D eigenvalue weighted by Crippen LogP contribution is -2.36. The predicted molar refractivity (Wildman–Crippen MR) is 63.4 cm³/mol. The van der Waals surface area contributed by atoms with Crippen molar-refractivity contribution in [1.29, 1.82) is 0 Å². The lowest BCUT2D eigenvalue weighted by atomic mass is 10.1. The summed E-state index contributed by atoms with van der Waals surface area (Å²) in [6, 6.07) is 0.458. The molecular formula is C11H22N4O. The number of hydrogen-bond donors (Lipinski definition) is 1. The minimum atomic E-state index is 0.119. The highest BCUT2D eigenvalue weighted by molar-refractivity contribution is 4.89. The molecule has 0 aromatic carbocycles. The van der Waals surface area contributed by atoms with Crippen LogP contribution in [0.1, 0.15) is 27.2 Å². The van der Waals surface area contributed by atoms with E-state index in [9.17, 15) is 0 Å². The molecule has 0 aliphatic rings. The Morgan fingerprint density at radius 1 is 1.50 bits per heavy atom. The summed E-state index contributed by atoms with van der Waals surface area (Å²) in [5.74, 6) is 0.438. The molecule has 5 nitrogen and oxygen atoms in total. The first kappa shape index (κ1) is 13.0. The lowest BCUT2D eigenvalue weighted by molar-refractivity contribution is 0.136. The third-order valence-electron chi connectivity index (χ3n) is 2.35. The first-order chi connectivity index (χ1) is 7.63. The van der Waals surface area contributed by atoms with Crippen LogP contribution in [-0.2, 0) is 7.05 Å². The van der Waals surface area contributed by atoms with Crippen LogP contribution in [0, 0.1) is 5.92 Å². The van der Waals surface area contributed by atoms with Crippen LogP contribution in [0.3, 0.4) is 0 Å². The van der Waals surface area contributed by atoms with Gasteiger partial charge in [-0.1, -0.05) is 20.8 Å². The first-order valence-electron chi connectivity index (χ1n) is 5.86. The van der Waals surface area contributed by atoms with Crippen LogP contribution in [0.25, 0.3) is 0 Å². The molecule has 0 radical (unpaired) electrons. The average molecular weight is 226 g/mol. The number of hydrogen-bond acceptors (Lipinski definition) is 4. The fourth-order valence-electron chi connectivity index (χ4n) is 1.34. The van der Waals surface area contributed by atoms with E-state index in [4.69, 9.17) is 4.74 Å². The summed E-state index contributed by atoms with van der Waals surface area (Å²) in [6.45, 7) is 8.28. The Balaban J connectivity index is 2.44. The van der Waals surface area contributed by atoms with E-state index in [0.717, 1.165) is 19.5 Å². The summed E-state index contributed by atoms with van der Waals surface area (Å²) >= 11 is 0. The highest BCUT2D eigenvalue weighted by Crippen LogP contribution is 2.09. The second kappa shape index (κ2) is 6.48. The summed E-state index contributed by atoms with van der Waals surface area (Å²) in [5.41, 5.74) is 0. The van der Waals surface area contributed by atoms with Gasteiger partial charge in [0.25, 0.3) is 0 Å². The van der Waals surface area contributed by atoms with Gasteiger partial charge in [0.15, 0.2) is 0 Å². The van der Waals surface area contributed by atoms with E-state index in [2.05, 4.69) is 36.2 Å². The first-order valence-corrected chi connectivity index (χ1v) is 5.86. The number of aromatic nitrogens is 3. The molecule has 0 saturated heterocycles. The van der Waals surface area contributed by atoms with Crippen LogP contribution in [0.4, 0.5) is 0 Å². The van der Waals surface area contributed by atoms with E-state index in [-0.39, 0.29) is 6.10 Å². The fourth-order valence-corrected chi connectivity index (χ4v) is 1.34. The van der Waals surface area contributed by atoms with Crippen molar-refractivity contribution < 1.29 is 4.74 Å². The SMILES string of the molecule is CCCNCC(Oc1ncn(C)n1)C(C)C. The molecule has 5 heteroatoms. The van der Waals surface area contributed by atoms with Crippen LogP contribution in [0.2, 0.25) is 0 Å². The zero-order valence-corrected chi connectivity index (χ0v) is 10.6. The number of ether oxygens (including phenoxy) is 1. The lowest BCUT2D eigenvalue weighted by Gasteiger charge is -2.20. The molecule has 0 bridgehead atoms. The summed E-state index contributed by atoms with van der Waals surface area (Å²) < 4.78 is 7.38. The third kappa shape index (κ3) is 4.18. The number of aryl methyl sites for hydroxylation is 1. The van der Waals surface area contributed by atoms with Crippen LogP contribution >= 0.6 is 0 Å². The van der Waals surface area contributed by atoms with E-state index in [1.54, 1.807) is 11.0 Å². The van der Waals surface area contributed by atoms with Gasteiger partial charge < -0.3 is 10.1 Å². The van der Waals surface area contributed by atoms with Crippen molar-refractivity contribution in [2.24, 2.45) is 13.0 Å². The predicted octanol–water partition coefficient (Wildman–Crippen LogP) is 1.22. The standard InChI is InChI=1S/C11H22N4O/c1-5-6-12-7-10(9(2)3)16-11-13-8-15(4)14-11/h8-10,12H,5-7H2,1-4H3. The zero-order chi connectivity index (χ0) is 12.0. The van der Waals surface area contributed by atoms with E-state index >= 15 is 0 Å². The van der Waals surface area contributed by atoms with Gasteiger partial charge in [-0.05, 0) is 18.9 Å². The number of rotatable bonds is 7. The molecule has 1 aromatic heterocycles. The van der Waals surface area contributed by atoms with Gasteiger partial charge in [-0.3, -0.25) is 4.68 Å². The second-order valence-electron chi connectivity index (χ2n) is 4.31. The maximum Gasteiger partial charge on any atom is 0.335 e. The molecule has 0 spiro atoms. The van der Waals surface area contributed by atoms with E-state index in [1.165, 1.54) is 0 Å². The quantitative estimate of drug-likeness (QED) is 0.710. The molecule has 1 aromatic rings. The van der Waals surface area contributed by atoms with Gasteiger partial charge in [-0.15, -0.1) is 5.10 Å². The summed E-state index contributed by atoms with van der Waals surface area (Å²) in [6.07, 6.45) is 2.90. The Morgan fingerprint density at radius 3 is 2.75 bits per heavy atom. The van der Waals surface area contributed by atoms with Crippen molar-refractivity contribution in [3.8, 4) is 6.01 Å². The highest BCUT2D eigenvalue weighted by Gasteiger charge is 2.16. The van der Waals surface area contributed by atoms with E-state index in [0.29, 0.717) is 11.9 Å². The normalized spacial score (nSPS) is 13.1. The topological polar surface area (TPSA) is 52.0 Å². The monoisotopic (exact) mass is 226 g/mol. The van der Waals surface area contributed by atoms with Gasteiger partial charge in [0.05, 0.1) is 0 Å². The van der Waals surface area contributed by atoms with Crippen molar-refractivity contribution >= 4 is 0 Å². The van der Waals surface area contributed by atoms with E-state index in [1.807, 2.05) is 7.05 Å². The second-order valence-corrected chi connectivity index (χ2v) is 4.31. The molecule has 1 rings (SSSR count). The summed E-state index contributed by atoms with van der Waals surface area (Å²) in [4.78, 5) is 4.07. The van der Waals surface area contributed by atoms with Gasteiger partial charge in [-0.25, -0.2) is 0 Å². The molecule has 1 heterocycles. The number of nitrogens with zero attached hydrogens (tertiary/aromatic N) is 3. The zero-order valence-electron chi connectivity index (χ0n) is 10.6. The Hall–Kier alpha value is -1.10. The summed E-state index contributed by atoms with van der Waals surface area (Å²) in [7, 11) is 1.83. The molecule has 1 N–H and O–H groups in total. The molecule has 92 valence electrons.